The molecule has 7 heteroatoms. The van der Waals surface area contributed by atoms with Gasteiger partial charge in [-0.05, 0) is 51.1 Å². The molecule has 4 aromatic rings. The molecule has 2 heterocycles. The Morgan fingerprint density at radius 1 is 1.13 bits per heavy atom. The SMILES string of the molecule is CCOC(=O)c1ccc2c(c1)nc(SCc1nc(-c3ccccc3)oc1C)n2CC. The van der Waals surface area contributed by atoms with Crippen LogP contribution in [0.2, 0.25) is 0 Å². The quantitative estimate of drug-likeness (QED) is 0.290. The topological polar surface area (TPSA) is 70.2 Å². The van der Waals surface area contributed by atoms with Gasteiger partial charge in [0.05, 0.1) is 28.9 Å². The zero-order valence-electron chi connectivity index (χ0n) is 17.2. The van der Waals surface area contributed by atoms with Crippen LogP contribution < -0.4 is 0 Å². The number of nitrogens with zero attached hydrogens (tertiary/aromatic N) is 3. The fourth-order valence-corrected chi connectivity index (χ4v) is 4.34. The number of rotatable bonds is 7. The lowest BCUT2D eigenvalue weighted by molar-refractivity contribution is 0.0526. The number of aryl methyl sites for hydroxylation is 2. The minimum Gasteiger partial charge on any atom is -0.462 e. The molecule has 0 spiro atoms. The number of fused-ring (bicyclic) bond motifs is 1. The van der Waals surface area contributed by atoms with Gasteiger partial charge in [0.2, 0.25) is 5.89 Å². The molecule has 4 rings (SSSR count). The summed E-state index contributed by atoms with van der Waals surface area (Å²) < 4.78 is 13.1. The standard InChI is InChI=1S/C23H23N3O3S/c1-4-26-20-12-11-17(22(27)28-5-2)13-18(20)25-23(26)30-14-19-15(3)29-21(24-19)16-9-7-6-8-10-16/h6-13H,4-5,14H2,1-3H3. The highest BCUT2D eigenvalue weighted by Crippen LogP contribution is 2.30. The van der Waals surface area contributed by atoms with Crippen molar-refractivity contribution in [2.75, 3.05) is 6.61 Å². The average Bonchev–Trinajstić information content (AvgIpc) is 3.32. The zero-order valence-corrected chi connectivity index (χ0v) is 18.0. The first-order chi connectivity index (χ1) is 14.6. The second-order valence-corrected chi connectivity index (χ2v) is 7.68. The largest absolute Gasteiger partial charge is 0.462 e. The molecule has 0 N–H and O–H groups in total. The molecular formula is C23H23N3O3S. The highest BCUT2D eigenvalue weighted by Gasteiger charge is 2.16. The van der Waals surface area contributed by atoms with Crippen LogP contribution in [0.25, 0.3) is 22.5 Å². The molecule has 0 saturated heterocycles. The number of benzene rings is 2. The molecule has 0 aliphatic heterocycles. The predicted molar refractivity (Wildman–Crippen MR) is 118 cm³/mol. The number of ether oxygens (including phenoxy) is 1. The highest BCUT2D eigenvalue weighted by atomic mass is 32.2. The zero-order chi connectivity index (χ0) is 21.1. The lowest BCUT2D eigenvalue weighted by atomic mass is 10.2. The second kappa shape index (κ2) is 8.75. The number of hydrogen-bond donors (Lipinski definition) is 0. The number of oxazole rings is 1. The molecule has 0 bridgehead atoms. The van der Waals surface area contributed by atoms with Crippen molar-refractivity contribution in [3.05, 3.63) is 65.5 Å². The van der Waals surface area contributed by atoms with Crippen molar-refractivity contribution < 1.29 is 13.9 Å². The number of carbonyl (C=O) groups excluding carboxylic acids is 1. The summed E-state index contributed by atoms with van der Waals surface area (Å²) in [5.74, 6) is 1.76. The Hall–Kier alpha value is -3.06. The van der Waals surface area contributed by atoms with Crippen molar-refractivity contribution in [1.29, 1.82) is 0 Å². The van der Waals surface area contributed by atoms with Crippen LogP contribution in [-0.4, -0.2) is 27.1 Å². The van der Waals surface area contributed by atoms with Crippen LogP contribution in [0.5, 0.6) is 0 Å². The van der Waals surface area contributed by atoms with Crippen molar-refractivity contribution in [3.8, 4) is 11.5 Å². The molecule has 2 aromatic carbocycles. The van der Waals surface area contributed by atoms with E-state index in [2.05, 4.69) is 16.5 Å². The van der Waals surface area contributed by atoms with E-state index in [4.69, 9.17) is 14.1 Å². The Morgan fingerprint density at radius 2 is 1.93 bits per heavy atom. The molecule has 6 nitrogen and oxygen atoms in total. The molecule has 0 aliphatic rings. The maximum Gasteiger partial charge on any atom is 0.338 e. The Morgan fingerprint density at radius 3 is 2.67 bits per heavy atom. The van der Waals surface area contributed by atoms with Crippen LogP contribution >= 0.6 is 11.8 Å². The van der Waals surface area contributed by atoms with Gasteiger partial charge in [-0.3, -0.25) is 0 Å². The van der Waals surface area contributed by atoms with Gasteiger partial charge in [0.15, 0.2) is 5.16 Å². The number of thioether (sulfide) groups is 1. The summed E-state index contributed by atoms with van der Waals surface area (Å²) in [6.45, 7) is 6.95. The van der Waals surface area contributed by atoms with Gasteiger partial charge in [-0.2, -0.15) is 0 Å². The lowest BCUT2D eigenvalue weighted by Crippen LogP contribution is -2.04. The van der Waals surface area contributed by atoms with Gasteiger partial charge in [-0.15, -0.1) is 0 Å². The molecule has 0 unspecified atom stereocenters. The smallest absolute Gasteiger partial charge is 0.338 e. The molecule has 0 saturated carbocycles. The molecule has 0 atom stereocenters. The van der Waals surface area contributed by atoms with Crippen LogP contribution in [0.4, 0.5) is 0 Å². The molecule has 30 heavy (non-hydrogen) atoms. The van der Waals surface area contributed by atoms with Gasteiger partial charge in [-0.25, -0.2) is 14.8 Å². The second-order valence-electron chi connectivity index (χ2n) is 6.74. The molecule has 0 fully saturated rings. The highest BCUT2D eigenvalue weighted by molar-refractivity contribution is 7.98. The maximum absolute atomic E-state index is 12.0. The van der Waals surface area contributed by atoms with Crippen LogP contribution in [0.3, 0.4) is 0 Å². The van der Waals surface area contributed by atoms with Crippen LogP contribution in [0.1, 0.15) is 35.7 Å². The van der Waals surface area contributed by atoms with Gasteiger partial charge in [0, 0.05) is 17.9 Å². The third-order valence-corrected chi connectivity index (χ3v) is 5.78. The molecule has 0 radical (unpaired) electrons. The Bertz CT molecular complexity index is 1180. The molecule has 154 valence electrons. The number of imidazole rings is 1. The summed E-state index contributed by atoms with van der Waals surface area (Å²) in [4.78, 5) is 21.5. The monoisotopic (exact) mass is 421 g/mol. The first-order valence-electron chi connectivity index (χ1n) is 9.92. The minimum atomic E-state index is -0.327. The number of esters is 1. The van der Waals surface area contributed by atoms with Gasteiger partial charge in [0.1, 0.15) is 5.76 Å². The van der Waals surface area contributed by atoms with Gasteiger partial charge in [-0.1, -0.05) is 30.0 Å². The fourth-order valence-electron chi connectivity index (χ4n) is 3.26. The average molecular weight is 422 g/mol. The Labute approximate surface area is 179 Å². The van der Waals surface area contributed by atoms with E-state index in [1.54, 1.807) is 30.8 Å². The van der Waals surface area contributed by atoms with E-state index in [1.807, 2.05) is 43.3 Å². The first kappa shape index (κ1) is 20.2. The van der Waals surface area contributed by atoms with E-state index in [-0.39, 0.29) is 5.97 Å². The summed E-state index contributed by atoms with van der Waals surface area (Å²) in [5, 5.41) is 0.886. The number of aromatic nitrogens is 3. The van der Waals surface area contributed by atoms with Crippen molar-refractivity contribution in [2.45, 2.75) is 38.2 Å². The van der Waals surface area contributed by atoms with Crippen LogP contribution in [0.15, 0.2) is 58.1 Å². The first-order valence-corrected chi connectivity index (χ1v) is 10.9. The van der Waals surface area contributed by atoms with Gasteiger partial charge >= 0.3 is 5.97 Å². The Balaban J connectivity index is 1.58. The van der Waals surface area contributed by atoms with Crippen molar-refractivity contribution >= 4 is 28.8 Å². The summed E-state index contributed by atoms with van der Waals surface area (Å²) in [7, 11) is 0. The normalized spacial score (nSPS) is 11.2. The van der Waals surface area contributed by atoms with Gasteiger partial charge < -0.3 is 13.7 Å². The molecule has 2 aromatic heterocycles. The minimum absolute atomic E-state index is 0.327. The lowest BCUT2D eigenvalue weighted by Gasteiger charge is -2.05. The van der Waals surface area contributed by atoms with Crippen molar-refractivity contribution in [3.63, 3.8) is 0 Å². The molecule has 0 aliphatic carbocycles. The van der Waals surface area contributed by atoms with E-state index >= 15 is 0 Å². The van der Waals surface area contributed by atoms with Crippen molar-refractivity contribution in [1.82, 2.24) is 14.5 Å². The van der Waals surface area contributed by atoms with Crippen molar-refractivity contribution in [2.24, 2.45) is 0 Å². The third-order valence-electron chi connectivity index (χ3n) is 4.79. The van der Waals surface area contributed by atoms with Crippen LogP contribution in [0, 0.1) is 6.92 Å². The number of carbonyl (C=O) groups is 1. The van der Waals surface area contributed by atoms with E-state index in [1.165, 1.54) is 0 Å². The Kier molecular flexibility index (Phi) is 5.90. The van der Waals surface area contributed by atoms with Gasteiger partial charge in [0.25, 0.3) is 0 Å². The summed E-state index contributed by atoms with van der Waals surface area (Å²) in [6.07, 6.45) is 0. The fraction of sp³-hybridized carbons (Fsp3) is 0.261. The third kappa shape index (κ3) is 3.98. The van der Waals surface area contributed by atoms with E-state index in [0.717, 1.165) is 39.8 Å². The maximum atomic E-state index is 12.0. The summed E-state index contributed by atoms with van der Waals surface area (Å²) >= 11 is 1.61. The van der Waals surface area contributed by atoms with E-state index in [9.17, 15) is 4.79 Å². The molecule has 0 amide bonds. The van der Waals surface area contributed by atoms with E-state index < -0.39 is 0 Å². The summed E-state index contributed by atoms with van der Waals surface area (Å²) in [6, 6.07) is 15.4. The van der Waals surface area contributed by atoms with Crippen LogP contribution in [-0.2, 0) is 17.0 Å². The van der Waals surface area contributed by atoms with E-state index in [0.29, 0.717) is 23.8 Å². The number of hydrogen-bond acceptors (Lipinski definition) is 6. The summed E-state index contributed by atoms with van der Waals surface area (Å²) in [5.41, 5.74) is 4.16. The predicted octanol–water partition coefficient (Wildman–Crippen LogP) is 5.49. The molecular weight excluding hydrogens is 398 g/mol.